The SMILES string of the molecule is Cc1ccc(C2CCCCCN2S(=O)(=O)c2ccc(C)c(C)c2)cc1. The summed E-state index contributed by atoms with van der Waals surface area (Å²) in [6, 6.07) is 13.7. The molecule has 1 unspecified atom stereocenters. The van der Waals surface area contributed by atoms with Crippen LogP contribution in [0.5, 0.6) is 0 Å². The Morgan fingerprint density at radius 1 is 0.880 bits per heavy atom. The average Bonchev–Trinajstić information content (AvgIpc) is 2.84. The molecule has 1 atom stereocenters. The minimum Gasteiger partial charge on any atom is -0.207 e. The molecular weight excluding hydrogens is 330 g/mol. The molecule has 1 heterocycles. The molecule has 0 saturated carbocycles. The van der Waals surface area contributed by atoms with E-state index in [0.29, 0.717) is 11.4 Å². The summed E-state index contributed by atoms with van der Waals surface area (Å²) >= 11 is 0. The Bertz CT molecular complexity index is 841. The first-order valence-corrected chi connectivity index (χ1v) is 10.5. The highest BCUT2D eigenvalue weighted by molar-refractivity contribution is 7.89. The summed E-state index contributed by atoms with van der Waals surface area (Å²) in [5, 5.41) is 0. The molecule has 4 heteroatoms. The summed E-state index contributed by atoms with van der Waals surface area (Å²) in [5.74, 6) is 0. The van der Waals surface area contributed by atoms with Crippen LogP contribution >= 0.6 is 0 Å². The van der Waals surface area contributed by atoms with Crippen molar-refractivity contribution in [2.45, 2.75) is 57.4 Å². The molecule has 0 aromatic heterocycles. The largest absolute Gasteiger partial charge is 0.243 e. The van der Waals surface area contributed by atoms with Crippen LogP contribution in [0.15, 0.2) is 47.4 Å². The van der Waals surface area contributed by atoms with Crippen molar-refractivity contribution in [1.82, 2.24) is 4.31 Å². The highest BCUT2D eigenvalue weighted by Gasteiger charge is 2.33. The van der Waals surface area contributed by atoms with Gasteiger partial charge in [0.05, 0.1) is 10.9 Å². The van der Waals surface area contributed by atoms with E-state index < -0.39 is 10.0 Å². The predicted molar refractivity (Wildman–Crippen MR) is 102 cm³/mol. The van der Waals surface area contributed by atoms with E-state index in [1.54, 1.807) is 10.4 Å². The topological polar surface area (TPSA) is 37.4 Å². The monoisotopic (exact) mass is 357 g/mol. The van der Waals surface area contributed by atoms with E-state index in [0.717, 1.165) is 42.4 Å². The molecule has 0 N–H and O–H groups in total. The summed E-state index contributed by atoms with van der Waals surface area (Å²) in [6.07, 6.45) is 3.96. The first-order chi connectivity index (χ1) is 11.9. The molecule has 2 aromatic carbocycles. The third kappa shape index (κ3) is 3.80. The molecule has 1 saturated heterocycles. The summed E-state index contributed by atoms with van der Waals surface area (Å²) in [7, 11) is -3.50. The van der Waals surface area contributed by atoms with Crippen LogP contribution < -0.4 is 0 Å². The molecule has 25 heavy (non-hydrogen) atoms. The van der Waals surface area contributed by atoms with Crippen molar-refractivity contribution < 1.29 is 8.42 Å². The Hall–Kier alpha value is -1.65. The molecule has 2 aromatic rings. The Morgan fingerprint density at radius 3 is 2.28 bits per heavy atom. The Balaban J connectivity index is 2.02. The first kappa shape index (κ1) is 18.2. The summed E-state index contributed by atoms with van der Waals surface area (Å²) < 4.78 is 28.5. The van der Waals surface area contributed by atoms with Crippen molar-refractivity contribution in [1.29, 1.82) is 0 Å². The van der Waals surface area contributed by atoms with Crippen LogP contribution in [0.25, 0.3) is 0 Å². The van der Waals surface area contributed by atoms with Crippen molar-refractivity contribution in [3.8, 4) is 0 Å². The normalized spacial score (nSPS) is 19.6. The van der Waals surface area contributed by atoms with Gasteiger partial charge >= 0.3 is 0 Å². The molecule has 0 radical (unpaired) electrons. The van der Waals surface area contributed by atoms with Gasteiger partial charge in [-0.1, -0.05) is 48.7 Å². The van der Waals surface area contributed by atoms with Gasteiger partial charge in [-0.25, -0.2) is 8.42 Å². The Labute approximate surface area is 151 Å². The van der Waals surface area contributed by atoms with E-state index in [4.69, 9.17) is 0 Å². The quantitative estimate of drug-likeness (QED) is 0.782. The molecule has 134 valence electrons. The van der Waals surface area contributed by atoms with E-state index in [-0.39, 0.29) is 6.04 Å². The lowest BCUT2D eigenvalue weighted by Gasteiger charge is -2.30. The highest BCUT2D eigenvalue weighted by atomic mass is 32.2. The minimum atomic E-state index is -3.50. The second-order valence-electron chi connectivity index (χ2n) is 7.14. The molecule has 0 amide bonds. The fraction of sp³-hybridized carbons (Fsp3) is 0.429. The van der Waals surface area contributed by atoms with E-state index in [9.17, 15) is 8.42 Å². The third-order valence-corrected chi connectivity index (χ3v) is 7.15. The van der Waals surface area contributed by atoms with Crippen LogP contribution in [0.2, 0.25) is 0 Å². The van der Waals surface area contributed by atoms with Gasteiger partial charge in [0.1, 0.15) is 0 Å². The van der Waals surface area contributed by atoms with Crippen LogP contribution in [0, 0.1) is 20.8 Å². The standard InChI is InChI=1S/C21H27NO2S/c1-16-8-11-19(12-9-16)21-7-5-4-6-14-22(21)25(23,24)20-13-10-17(2)18(3)15-20/h8-13,15,21H,4-7,14H2,1-3H3. The lowest BCUT2D eigenvalue weighted by molar-refractivity contribution is 0.329. The highest BCUT2D eigenvalue weighted by Crippen LogP contribution is 2.35. The number of sulfonamides is 1. The predicted octanol–water partition coefficient (Wildman–Crippen LogP) is 4.92. The van der Waals surface area contributed by atoms with Gasteiger partial charge in [0.2, 0.25) is 10.0 Å². The average molecular weight is 358 g/mol. The second kappa shape index (κ2) is 7.30. The van der Waals surface area contributed by atoms with Crippen LogP contribution in [-0.4, -0.2) is 19.3 Å². The molecule has 3 rings (SSSR count). The van der Waals surface area contributed by atoms with E-state index >= 15 is 0 Å². The van der Waals surface area contributed by atoms with Crippen LogP contribution in [0.3, 0.4) is 0 Å². The number of hydrogen-bond acceptors (Lipinski definition) is 2. The van der Waals surface area contributed by atoms with E-state index in [2.05, 4.69) is 31.2 Å². The lowest BCUT2D eigenvalue weighted by Crippen LogP contribution is -2.35. The molecule has 1 fully saturated rings. The Morgan fingerprint density at radius 2 is 1.60 bits per heavy atom. The van der Waals surface area contributed by atoms with Crippen LogP contribution in [0.4, 0.5) is 0 Å². The van der Waals surface area contributed by atoms with Gasteiger partial charge in [-0.2, -0.15) is 4.31 Å². The van der Waals surface area contributed by atoms with Gasteiger partial charge in [0.25, 0.3) is 0 Å². The van der Waals surface area contributed by atoms with Gasteiger partial charge in [-0.05, 0) is 62.4 Å². The fourth-order valence-electron chi connectivity index (χ4n) is 3.50. The van der Waals surface area contributed by atoms with Gasteiger partial charge < -0.3 is 0 Å². The number of hydrogen-bond donors (Lipinski definition) is 0. The third-order valence-electron chi connectivity index (χ3n) is 5.25. The van der Waals surface area contributed by atoms with Crippen molar-refractivity contribution in [2.24, 2.45) is 0 Å². The fourth-order valence-corrected chi connectivity index (χ4v) is 5.27. The zero-order chi connectivity index (χ0) is 18.0. The van der Waals surface area contributed by atoms with Crippen LogP contribution in [0.1, 0.15) is 54.0 Å². The lowest BCUT2D eigenvalue weighted by atomic mass is 10.0. The van der Waals surface area contributed by atoms with Crippen molar-refractivity contribution in [3.63, 3.8) is 0 Å². The van der Waals surface area contributed by atoms with E-state index in [1.807, 2.05) is 26.0 Å². The van der Waals surface area contributed by atoms with E-state index in [1.165, 1.54) is 5.56 Å². The smallest absolute Gasteiger partial charge is 0.207 e. The summed E-state index contributed by atoms with van der Waals surface area (Å²) in [4.78, 5) is 0.412. The first-order valence-electron chi connectivity index (χ1n) is 9.05. The minimum absolute atomic E-state index is 0.0743. The number of aryl methyl sites for hydroxylation is 3. The summed E-state index contributed by atoms with van der Waals surface area (Å²) in [6.45, 7) is 6.62. The zero-order valence-electron chi connectivity index (χ0n) is 15.3. The zero-order valence-corrected chi connectivity index (χ0v) is 16.1. The number of rotatable bonds is 3. The molecule has 0 aliphatic carbocycles. The maximum Gasteiger partial charge on any atom is 0.243 e. The maximum absolute atomic E-state index is 13.4. The number of nitrogens with zero attached hydrogens (tertiary/aromatic N) is 1. The van der Waals surface area contributed by atoms with Gasteiger partial charge in [0, 0.05) is 6.54 Å². The van der Waals surface area contributed by atoms with Gasteiger partial charge in [-0.3, -0.25) is 0 Å². The number of benzene rings is 2. The van der Waals surface area contributed by atoms with Gasteiger partial charge in [0.15, 0.2) is 0 Å². The van der Waals surface area contributed by atoms with Crippen molar-refractivity contribution in [2.75, 3.05) is 6.54 Å². The summed E-state index contributed by atoms with van der Waals surface area (Å²) in [5.41, 5.74) is 4.42. The molecular formula is C21H27NO2S. The molecule has 3 nitrogen and oxygen atoms in total. The Kier molecular flexibility index (Phi) is 5.30. The maximum atomic E-state index is 13.4. The molecule has 0 spiro atoms. The molecule has 0 bridgehead atoms. The molecule has 1 aliphatic heterocycles. The van der Waals surface area contributed by atoms with Gasteiger partial charge in [-0.15, -0.1) is 0 Å². The van der Waals surface area contributed by atoms with Crippen molar-refractivity contribution >= 4 is 10.0 Å². The second-order valence-corrected chi connectivity index (χ2v) is 9.03. The van der Waals surface area contributed by atoms with Crippen LogP contribution in [-0.2, 0) is 10.0 Å². The molecule has 1 aliphatic rings. The van der Waals surface area contributed by atoms with Crippen molar-refractivity contribution in [3.05, 3.63) is 64.7 Å².